The maximum Gasteiger partial charge on any atom is 0.573 e. The third-order valence-corrected chi connectivity index (χ3v) is 5.72. The van der Waals surface area contributed by atoms with Crippen molar-refractivity contribution in [2.45, 2.75) is 44.6 Å². The standard InChI is InChI=1S/C25H28F3NO6/c1-33-23(31)20-12-16(6-4-10-30)13-22(18-8-9-18)29(15-21(20)24(32)34-2)14-17-5-3-7-19(11-17)35-25(26,27)28/h3,5,7,11-13,15,18,22,30H,4,6,8-10,14H2,1-2H3. The minimum absolute atomic E-state index is 0.00283. The first-order valence-corrected chi connectivity index (χ1v) is 11.2. The number of carbonyl (C=O) groups is 2. The van der Waals surface area contributed by atoms with E-state index in [4.69, 9.17) is 9.47 Å². The van der Waals surface area contributed by atoms with E-state index in [1.807, 2.05) is 11.0 Å². The van der Waals surface area contributed by atoms with Crippen molar-refractivity contribution in [2.24, 2.45) is 5.92 Å². The van der Waals surface area contributed by atoms with Gasteiger partial charge in [-0.2, -0.15) is 0 Å². The van der Waals surface area contributed by atoms with E-state index in [2.05, 4.69) is 4.74 Å². The molecule has 1 heterocycles. The average Bonchev–Trinajstić information content (AvgIpc) is 3.64. The van der Waals surface area contributed by atoms with Crippen molar-refractivity contribution in [1.82, 2.24) is 4.90 Å². The van der Waals surface area contributed by atoms with E-state index in [-0.39, 0.29) is 42.0 Å². The zero-order valence-electron chi connectivity index (χ0n) is 19.5. The second-order valence-electron chi connectivity index (χ2n) is 8.35. The van der Waals surface area contributed by atoms with Gasteiger partial charge in [0, 0.05) is 19.4 Å². The van der Waals surface area contributed by atoms with E-state index in [0.717, 1.165) is 18.4 Å². The van der Waals surface area contributed by atoms with Gasteiger partial charge < -0.3 is 24.2 Å². The topological polar surface area (TPSA) is 85.3 Å². The van der Waals surface area contributed by atoms with Crippen LogP contribution in [0.5, 0.6) is 5.75 Å². The maximum atomic E-state index is 12.7. The van der Waals surface area contributed by atoms with Crippen LogP contribution in [0, 0.1) is 5.92 Å². The Morgan fingerprint density at radius 1 is 1.11 bits per heavy atom. The number of halogens is 3. The highest BCUT2D eigenvalue weighted by Gasteiger charge is 2.36. The Morgan fingerprint density at radius 3 is 2.40 bits per heavy atom. The fourth-order valence-electron chi connectivity index (χ4n) is 3.99. The van der Waals surface area contributed by atoms with E-state index in [1.54, 1.807) is 12.1 Å². The van der Waals surface area contributed by atoms with Gasteiger partial charge in [0.1, 0.15) is 5.75 Å². The predicted octanol–water partition coefficient (Wildman–Crippen LogP) is 4.03. The molecule has 2 aliphatic rings. The van der Waals surface area contributed by atoms with Gasteiger partial charge in [-0.3, -0.25) is 0 Å². The Kier molecular flexibility index (Phi) is 8.61. The second-order valence-corrected chi connectivity index (χ2v) is 8.35. The fraction of sp³-hybridized carbons (Fsp3) is 0.440. The molecule has 1 aromatic carbocycles. The Labute approximate surface area is 201 Å². The van der Waals surface area contributed by atoms with Crippen LogP contribution in [0.25, 0.3) is 0 Å². The van der Waals surface area contributed by atoms with Crippen LogP contribution in [0.3, 0.4) is 0 Å². The first kappa shape index (κ1) is 26.3. The lowest BCUT2D eigenvalue weighted by atomic mass is 9.95. The van der Waals surface area contributed by atoms with E-state index in [0.29, 0.717) is 18.4 Å². The Morgan fingerprint density at radius 2 is 1.80 bits per heavy atom. The number of allylic oxidation sites excluding steroid dienone is 2. The SMILES string of the molecule is COC(=O)C1=CC(CCCO)=CC(C2CC2)N(Cc2cccc(OC(F)(F)F)c2)C=C1C(=O)OC. The normalized spacial score (nSPS) is 18.5. The molecular weight excluding hydrogens is 467 g/mol. The summed E-state index contributed by atoms with van der Waals surface area (Å²) in [6.45, 7) is 0.0944. The quantitative estimate of drug-likeness (QED) is 0.518. The first-order chi connectivity index (χ1) is 16.6. The van der Waals surface area contributed by atoms with Gasteiger partial charge in [-0.15, -0.1) is 13.2 Å². The molecule has 0 amide bonds. The summed E-state index contributed by atoms with van der Waals surface area (Å²) in [7, 11) is 2.39. The maximum absolute atomic E-state index is 12.7. The van der Waals surface area contributed by atoms with Crippen LogP contribution in [0.2, 0.25) is 0 Å². The van der Waals surface area contributed by atoms with Crippen molar-refractivity contribution in [3.63, 3.8) is 0 Å². The monoisotopic (exact) mass is 495 g/mol. The molecule has 1 unspecified atom stereocenters. The molecule has 1 saturated carbocycles. The molecule has 1 atom stereocenters. The number of rotatable bonds is 9. The van der Waals surface area contributed by atoms with E-state index in [1.165, 1.54) is 38.6 Å². The van der Waals surface area contributed by atoms with Crippen molar-refractivity contribution in [1.29, 1.82) is 0 Å². The molecule has 1 fully saturated rings. The molecule has 0 spiro atoms. The van der Waals surface area contributed by atoms with E-state index < -0.39 is 18.3 Å². The summed E-state index contributed by atoms with van der Waals surface area (Å²) in [5.74, 6) is -1.57. The summed E-state index contributed by atoms with van der Waals surface area (Å²) < 4.78 is 52.0. The molecule has 1 N–H and O–H groups in total. The summed E-state index contributed by atoms with van der Waals surface area (Å²) in [6.07, 6.45) is 3.03. The summed E-state index contributed by atoms with van der Waals surface area (Å²) in [4.78, 5) is 27.1. The molecular formula is C25H28F3NO6. The molecule has 35 heavy (non-hydrogen) atoms. The lowest BCUT2D eigenvalue weighted by Crippen LogP contribution is -2.33. The average molecular weight is 495 g/mol. The van der Waals surface area contributed by atoms with E-state index in [9.17, 15) is 27.9 Å². The molecule has 0 saturated heterocycles. The summed E-state index contributed by atoms with van der Waals surface area (Å²) >= 11 is 0. The van der Waals surface area contributed by atoms with Gasteiger partial charge in [0.15, 0.2) is 0 Å². The molecule has 1 aliphatic heterocycles. The first-order valence-electron chi connectivity index (χ1n) is 11.2. The molecule has 3 rings (SSSR count). The third kappa shape index (κ3) is 7.35. The van der Waals surface area contributed by atoms with Crippen LogP contribution in [0.15, 0.2) is 59.3 Å². The molecule has 7 nitrogen and oxygen atoms in total. The van der Waals surface area contributed by atoms with Crippen LogP contribution in [-0.2, 0) is 25.6 Å². The number of benzene rings is 1. The van der Waals surface area contributed by atoms with Crippen molar-refractivity contribution in [3.05, 3.63) is 64.9 Å². The fourth-order valence-corrected chi connectivity index (χ4v) is 3.99. The second kappa shape index (κ2) is 11.4. The number of esters is 2. The van der Waals surface area contributed by atoms with Gasteiger partial charge in [0.2, 0.25) is 0 Å². The van der Waals surface area contributed by atoms with Crippen molar-refractivity contribution < 1.29 is 42.1 Å². The molecule has 0 aromatic heterocycles. The summed E-state index contributed by atoms with van der Waals surface area (Å²) in [5, 5.41) is 9.34. The van der Waals surface area contributed by atoms with Crippen molar-refractivity contribution in [2.75, 3.05) is 20.8 Å². The minimum Gasteiger partial charge on any atom is -0.465 e. The number of aliphatic hydroxyl groups is 1. The van der Waals surface area contributed by atoms with Gasteiger partial charge in [0.25, 0.3) is 0 Å². The Bertz CT molecular complexity index is 1030. The molecule has 10 heteroatoms. The van der Waals surface area contributed by atoms with Gasteiger partial charge in [-0.25, -0.2) is 9.59 Å². The molecule has 190 valence electrons. The molecule has 1 aromatic rings. The van der Waals surface area contributed by atoms with Crippen molar-refractivity contribution >= 4 is 11.9 Å². The van der Waals surface area contributed by atoms with Crippen LogP contribution < -0.4 is 4.74 Å². The van der Waals surface area contributed by atoms with Crippen LogP contribution in [-0.4, -0.2) is 55.2 Å². The number of methoxy groups -OCH3 is 2. The number of carbonyl (C=O) groups excluding carboxylic acids is 2. The zero-order chi connectivity index (χ0) is 25.6. The number of aliphatic hydroxyl groups excluding tert-OH is 1. The predicted molar refractivity (Wildman–Crippen MR) is 120 cm³/mol. The number of ether oxygens (including phenoxy) is 3. The lowest BCUT2D eigenvalue weighted by molar-refractivity contribution is -0.274. The highest BCUT2D eigenvalue weighted by Crippen LogP contribution is 2.39. The van der Waals surface area contributed by atoms with Gasteiger partial charge in [-0.05, 0) is 60.9 Å². The Balaban J connectivity index is 2.08. The van der Waals surface area contributed by atoms with Gasteiger partial charge >= 0.3 is 18.3 Å². The largest absolute Gasteiger partial charge is 0.573 e. The minimum atomic E-state index is -4.82. The molecule has 0 bridgehead atoms. The number of alkyl halides is 3. The number of hydrogen-bond acceptors (Lipinski definition) is 7. The highest BCUT2D eigenvalue weighted by atomic mass is 19.4. The smallest absolute Gasteiger partial charge is 0.465 e. The highest BCUT2D eigenvalue weighted by molar-refractivity contribution is 6.07. The van der Waals surface area contributed by atoms with E-state index >= 15 is 0 Å². The lowest BCUT2D eigenvalue weighted by Gasteiger charge is -2.32. The van der Waals surface area contributed by atoms with Crippen LogP contribution in [0.4, 0.5) is 13.2 Å². The number of nitrogens with zero attached hydrogens (tertiary/aromatic N) is 1. The van der Waals surface area contributed by atoms with Gasteiger partial charge in [0.05, 0.1) is 31.4 Å². The summed E-state index contributed by atoms with van der Waals surface area (Å²) in [5.41, 5.74) is 1.23. The zero-order valence-corrected chi connectivity index (χ0v) is 19.5. The molecule has 1 aliphatic carbocycles. The van der Waals surface area contributed by atoms with Crippen LogP contribution in [0.1, 0.15) is 31.2 Å². The molecule has 0 radical (unpaired) electrons. The summed E-state index contributed by atoms with van der Waals surface area (Å²) in [6, 6.07) is 5.43. The third-order valence-electron chi connectivity index (χ3n) is 5.72. The van der Waals surface area contributed by atoms with Gasteiger partial charge in [-0.1, -0.05) is 18.2 Å². The Hall–Kier alpha value is -3.27. The number of hydrogen-bond donors (Lipinski definition) is 1. The van der Waals surface area contributed by atoms with Crippen molar-refractivity contribution in [3.8, 4) is 5.75 Å². The van der Waals surface area contributed by atoms with Crippen LogP contribution >= 0.6 is 0 Å².